The molecule has 7 nitrogen and oxygen atoms in total. The van der Waals surface area contributed by atoms with E-state index in [1.165, 1.54) is 6.41 Å². The number of nitrogens with one attached hydrogen (secondary N) is 4. The van der Waals surface area contributed by atoms with Crippen molar-refractivity contribution in [3.05, 3.63) is 6.92 Å². The second-order valence-corrected chi connectivity index (χ2v) is 5.92. The third-order valence-electron chi connectivity index (χ3n) is 3.33. The van der Waals surface area contributed by atoms with Gasteiger partial charge in [0.2, 0.25) is 5.91 Å². The Morgan fingerprint density at radius 2 is 2.14 bits per heavy atom. The van der Waals surface area contributed by atoms with Crippen LogP contribution in [0.1, 0.15) is 32.6 Å². The molecule has 3 unspecified atom stereocenters. The number of hydrazine groups is 1. The molecule has 0 aromatic rings. The van der Waals surface area contributed by atoms with E-state index in [1.54, 1.807) is 6.92 Å². The van der Waals surface area contributed by atoms with Crippen LogP contribution in [0.2, 0.25) is 0 Å². The molecule has 0 aliphatic carbocycles. The van der Waals surface area contributed by atoms with E-state index in [-0.39, 0.29) is 75.4 Å². The predicted octanol–water partition coefficient (Wildman–Crippen LogP) is -2.76. The second kappa shape index (κ2) is 12.6. The maximum absolute atomic E-state index is 11.2. The smallest absolute Gasteiger partial charge is 0.518 e. The topological polar surface area (TPSA) is 99.3 Å². The predicted molar refractivity (Wildman–Crippen MR) is 82.0 cm³/mol. The number of urea groups is 1. The zero-order chi connectivity index (χ0) is 15.7. The van der Waals surface area contributed by atoms with Crippen molar-refractivity contribution < 1.29 is 65.8 Å². The summed E-state index contributed by atoms with van der Waals surface area (Å²) in [7, 11) is 0. The Hall–Kier alpha value is 0.196. The Morgan fingerprint density at radius 1 is 1.41 bits per heavy atom. The van der Waals surface area contributed by atoms with Crippen LogP contribution in [0.15, 0.2) is 0 Å². The van der Waals surface area contributed by atoms with Gasteiger partial charge in [0.25, 0.3) is 0 Å². The van der Waals surface area contributed by atoms with E-state index >= 15 is 0 Å². The number of amides is 4. The number of fused-ring (bicyclic) bond motifs is 1. The van der Waals surface area contributed by atoms with E-state index in [1.807, 2.05) is 17.2 Å². The first-order valence-electron chi connectivity index (χ1n) is 7.01. The summed E-state index contributed by atoms with van der Waals surface area (Å²) in [6.45, 7) is 5.00. The Balaban J connectivity index is 0.00000141. The number of unbranched alkanes of at least 4 members (excludes halogenated alkanes) is 1. The van der Waals surface area contributed by atoms with Crippen LogP contribution in [-0.2, 0) is 9.59 Å². The maximum Gasteiger partial charge on any atom is 1.00 e. The summed E-state index contributed by atoms with van der Waals surface area (Å²) in [5.41, 5.74) is 4.22. The maximum atomic E-state index is 11.2. The quantitative estimate of drug-likeness (QED) is 0.0995. The number of thioether (sulfide) groups is 1. The molecule has 4 N–H and O–H groups in total. The van der Waals surface area contributed by atoms with E-state index in [0.717, 1.165) is 25.0 Å². The van der Waals surface area contributed by atoms with Gasteiger partial charge in [0, 0.05) is 17.4 Å². The Bertz CT molecular complexity index is 373. The zero-order valence-electron chi connectivity index (χ0n) is 13.1. The Kier molecular flexibility index (Phi) is 12.7. The number of hydrogen-bond donors (Lipinski definition) is 4. The summed E-state index contributed by atoms with van der Waals surface area (Å²) >= 11 is 1.87. The molecule has 0 aromatic heterocycles. The molecule has 9 heteroatoms. The molecule has 3 atom stereocenters. The molecule has 2 fully saturated rings. The number of carbonyl (C=O) groups excluding carboxylic acids is 3. The van der Waals surface area contributed by atoms with Gasteiger partial charge in [0.15, 0.2) is 0 Å². The zero-order valence-corrected chi connectivity index (χ0v) is 17.0. The van der Waals surface area contributed by atoms with Crippen LogP contribution in [0.5, 0.6) is 0 Å². The average Bonchev–Trinajstić information content (AvgIpc) is 3.03. The summed E-state index contributed by atoms with van der Waals surface area (Å²) in [6, 6.07) is 0.395. The van der Waals surface area contributed by atoms with Crippen LogP contribution in [0.3, 0.4) is 0 Å². The molecule has 0 bridgehead atoms. The molecular weight excluding hydrogens is 331 g/mol. The number of carbonyl (C=O) groups is 2. The first kappa shape index (κ1) is 22.2. The minimum absolute atomic E-state index is 0. The standard InChI is InChI=1S/C11H17N4O3S.C2H5.K/c16-6-12-15-9(17)4-2-1-3-8-10-7(5-19-8)13-11(18)14-10;1-2;/h7-8,10H,1-5H2,(H,12,16)(H,15,17)(H2,13,14,18);1H2,2H3;/q2*-1;+1. The third kappa shape index (κ3) is 7.18. The molecule has 0 spiro atoms. The van der Waals surface area contributed by atoms with Crippen LogP contribution >= 0.6 is 11.8 Å². The normalized spacial score (nSPS) is 24.6. The summed E-state index contributed by atoms with van der Waals surface area (Å²) < 4.78 is 0. The van der Waals surface area contributed by atoms with Gasteiger partial charge in [-0.15, -0.1) is 6.41 Å². The molecule has 22 heavy (non-hydrogen) atoms. The van der Waals surface area contributed by atoms with Crippen molar-refractivity contribution in [2.45, 2.75) is 49.9 Å². The van der Waals surface area contributed by atoms with Gasteiger partial charge in [-0.25, -0.2) is 4.79 Å². The van der Waals surface area contributed by atoms with Gasteiger partial charge >= 0.3 is 57.4 Å². The van der Waals surface area contributed by atoms with Gasteiger partial charge in [0.1, 0.15) is 0 Å². The van der Waals surface area contributed by atoms with Crippen LogP contribution in [-0.4, -0.2) is 41.4 Å². The second-order valence-electron chi connectivity index (χ2n) is 4.64. The van der Waals surface area contributed by atoms with E-state index in [0.29, 0.717) is 11.7 Å². The average molecular weight is 354 g/mol. The van der Waals surface area contributed by atoms with Crippen molar-refractivity contribution in [1.82, 2.24) is 21.5 Å². The summed E-state index contributed by atoms with van der Waals surface area (Å²) in [5.74, 6) is 0.740. The molecule has 2 saturated heterocycles. The summed E-state index contributed by atoms with van der Waals surface area (Å²) in [4.78, 5) is 32.2. The molecule has 2 aliphatic rings. The molecule has 2 rings (SSSR count). The van der Waals surface area contributed by atoms with Crippen LogP contribution in [0, 0.1) is 6.92 Å². The van der Waals surface area contributed by atoms with Gasteiger partial charge in [-0.1, -0.05) is 6.42 Å². The van der Waals surface area contributed by atoms with Gasteiger partial charge in [-0.2, -0.15) is 18.7 Å². The van der Waals surface area contributed by atoms with Crippen LogP contribution in [0.25, 0.3) is 0 Å². The van der Waals surface area contributed by atoms with Crippen molar-refractivity contribution in [3.63, 3.8) is 0 Å². The number of rotatable bonds is 7. The first-order chi connectivity index (χ1) is 10.2. The summed E-state index contributed by atoms with van der Waals surface area (Å²) in [6.07, 6.45) is 4.43. The molecule has 120 valence electrons. The number of hydrogen-bond acceptors (Lipinski definition) is 4. The molecule has 0 aromatic carbocycles. The van der Waals surface area contributed by atoms with Crippen LogP contribution < -0.4 is 72.9 Å². The van der Waals surface area contributed by atoms with Gasteiger partial charge in [0.05, 0.1) is 12.1 Å². The molecular formula is C13H22KN4O3S-. The van der Waals surface area contributed by atoms with Gasteiger partial charge in [-0.3, -0.25) is 10.2 Å². The molecule has 4 amide bonds. The first-order valence-corrected chi connectivity index (χ1v) is 8.06. The summed E-state index contributed by atoms with van der Waals surface area (Å²) in [5, 5.41) is 6.26. The van der Waals surface area contributed by atoms with Crippen molar-refractivity contribution in [2.24, 2.45) is 0 Å². The molecule has 2 heterocycles. The monoisotopic (exact) mass is 353 g/mol. The fraction of sp³-hybridized carbons (Fsp3) is 0.692. The van der Waals surface area contributed by atoms with E-state index in [2.05, 4.69) is 23.0 Å². The van der Waals surface area contributed by atoms with Crippen molar-refractivity contribution in [1.29, 1.82) is 0 Å². The fourth-order valence-corrected chi connectivity index (χ4v) is 3.98. The Morgan fingerprint density at radius 3 is 2.82 bits per heavy atom. The van der Waals surface area contributed by atoms with E-state index < -0.39 is 0 Å². The van der Waals surface area contributed by atoms with E-state index in [9.17, 15) is 14.4 Å². The van der Waals surface area contributed by atoms with Gasteiger partial charge < -0.3 is 27.8 Å². The van der Waals surface area contributed by atoms with E-state index in [4.69, 9.17) is 0 Å². The van der Waals surface area contributed by atoms with Crippen LogP contribution in [0.4, 0.5) is 4.79 Å². The van der Waals surface area contributed by atoms with Gasteiger partial charge in [-0.05, 0) is 12.8 Å². The molecule has 0 saturated carbocycles. The van der Waals surface area contributed by atoms with Crippen molar-refractivity contribution in [2.75, 3.05) is 5.75 Å². The third-order valence-corrected chi connectivity index (χ3v) is 4.84. The minimum Gasteiger partial charge on any atom is -0.518 e. The Labute approximate surface area is 178 Å². The minimum atomic E-state index is -0.212. The largest absolute Gasteiger partial charge is 1.00 e. The van der Waals surface area contributed by atoms with Crippen molar-refractivity contribution >= 4 is 30.1 Å². The molecule has 2 aliphatic heterocycles. The van der Waals surface area contributed by atoms with Crippen molar-refractivity contribution in [3.8, 4) is 0 Å². The fourth-order valence-electron chi connectivity index (χ4n) is 2.43. The molecule has 0 radical (unpaired) electrons. The SMILES string of the molecule is O=[C-]NNC(=O)CCCCC1SCC2NC(=O)NC21.[CH2-]C.[K+].